The van der Waals surface area contributed by atoms with Crippen LogP contribution in [0.5, 0.6) is 0 Å². The molecule has 2 unspecified atom stereocenters. The van der Waals surface area contributed by atoms with Gasteiger partial charge < -0.3 is 16.0 Å². The molecule has 2 aliphatic rings. The molecule has 0 aliphatic heterocycles. The number of carbonyl (C=O) groups is 1. The van der Waals surface area contributed by atoms with Gasteiger partial charge in [0.25, 0.3) is 5.91 Å². The second-order valence-electron chi connectivity index (χ2n) is 7.59. The molecular weight excluding hydrogens is 286 g/mol. The first-order valence-electron chi connectivity index (χ1n) is 8.82. The highest BCUT2D eigenvalue weighted by atomic mass is 16.1. The molecular formula is C19H29N3O. The monoisotopic (exact) mass is 315 g/mol. The SMILES string of the molecule is CN(C)CCC1(c2ccc(C(=O)NC3CCCC3N)cc2)CC1. The molecule has 1 aromatic carbocycles. The summed E-state index contributed by atoms with van der Waals surface area (Å²) in [6.45, 7) is 1.11. The lowest BCUT2D eigenvalue weighted by molar-refractivity contribution is 0.0934. The lowest BCUT2D eigenvalue weighted by Crippen LogP contribution is -2.43. The summed E-state index contributed by atoms with van der Waals surface area (Å²) >= 11 is 0. The second kappa shape index (κ2) is 6.62. The first-order chi connectivity index (χ1) is 11.0. The van der Waals surface area contributed by atoms with E-state index < -0.39 is 0 Å². The fraction of sp³-hybridized carbons (Fsp3) is 0.632. The third-order valence-corrected chi connectivity index (χ3v) is 5.54. The number of nitrogens with one attached hydrogen (secondary N) is 1. The van der Waals surface area contributed by atoms with Crippen molar-refractivity contribution in [2.24, 2.45) is 5.73 Å². The number of nitrogens with zero attached hydrogens (tertiary/aromatic N) is 1. The number of amides is 1. The van der Waals surface area contributed by atoms with Crippen molar-refractivity contribution in [1.29, 1.82) is 0 Å². The van der Waals surface area contributed by atoms with E-state index in [1.54, 1.807) is 0 Å². The maximum atomic E-state index is 12.4. The molecule has 2 fully saturated rings. The Bertz CT molecular complexity index is 548. The normalized spacial score (nSPS) is 25.6. The molecule has 0 heterocycles. The Balaban J connectivity index is 1.62. The van der Waals surface area contributed by atoms with Crippen molar-refractivity contribution in [1.82, 2.24) is 10.2 Å². The largest absolute Gasteiger partial charge is 0.348 e. The molecule has 0 aromatic heterocycles. The van der Waals surface area contributed by atoms with Crippen LogP contribution >= 0.6 is 0 Å². The van der Waals surface area contributed by atoms with Crippen molar-refractivity contribution in [3.8, 4) is 0 Å². The van der Waals surface area contributed by atoms with Gasteiger partial charge in [0, 0.05) is 17.6 Å². The van der Waals surface area contributed by atoms with Gasteiger partial charge in [-0.15, -0.1) is 0 Å². The number of rotatable bonds is 6. The Morgan fingerprint density at radius 2 is 1.96 bits per heavy atom. The summed E-state index contributed by atoms with van der Waals surface area (Å²) in [6.07, 6.45) is 6.85. The van der Waals surface area contributed by atoms with E-state index in [0.29, 0.717) is 5.41 Å². The molecule has 0 saturated heterocycles. The van der Waals surface area contributed by atoms with Gasteiger partial charge >= 0.3 is 0 Å². The van der Waals surface area contributed by atoms with E-state index in [-0.39, 0.29) is 18.0 Å². The maximum Gasteiger partial charge on any atom is 0.251 e. The standard InChI is InChI=1S/C19H29N3O/c1-22(2)13-12-19(10-11-19)15-8-6-14(7-9-15)18(23)21-17-5-3-4-16(17)20/h6-9,16-17H,3-5,10-13,20H2,1-2H3,(H,21,23). The highest BCUT2D eigenvalue weighted by Gasteiger charge is 2.43. The molecule has 3 rings (SSSR count). The zero-order valence-electron chi connectivity index (χ0n) is 14.3. The van der Waals surface area contributed by atoms with Crippen molar-refractivity contribution in [3.05, 3.63) is 35.4 Å². The summed E-state index contributed by atoms with van der Waals surface area (Å²) in [4.78, 5) is 14.6. The molecule has 23 heavy (non-hydrogen) atoms. The molecule has 3 N–H and O–H groups in total. The Morgan fingerprint density at radius 3 is 2.48 bits per heavy atom. The zero-order valence-corrected chi connectivity index (χ0v) is 14.3. The van der Waals surface area contributed by atoms with Gasteiger partial charge in [-0.25, -0.2) is 0 Å². The Morgan fingerprint density at radius 1 is 1.26 bits per heavy atom. The van der Waals surface area contributed by atoms with E-state index in [0.717, 1.165) is 31.4 Å². The minimum atomic E-state index is 0.0111. The van der Waals surface area contributed by atoms with Gasteiger partial charge in [0.15, 0.2) is 0 Å². The van der Waals surface area contributed by atoms with E-state index >= 15 is 0 Å². The summed E-state index contributed by atoms with van der Waals surface area (Å²) < 4.78 is 0. The van der Waals surface area contributed by atoms with Crippen LogP contribution in [-0.4, -0.2) is 43.5 Å². The van der Waals surface area contributed by atoms with Crippen LogP contribution in [0.4, 0.5) is 0 Å². The van der Waals surface area contributed by atoms with Crippen molar-refractivity contribution in [2.45, 2.75) is 56.0 Å². The highest BCUT2D eigenvalue weighted by Crippen LogP contribution is 2.51. The molecule has 4 heteroatoms. The van der Waals surface area contributed by atoms with E-state index in [1.165, 1.54) is 24.8 Å². The summed E-state index contributed by atoms with van der Waals surface area (Å²) in [5.74, 6) is 0.0111. The van der Waals surface area contributed by atoms with Crippen molar-refractivity contribution in [3.63, 3.8) is 0 Å². The van der Waals surface area contributed by atoms with Gasteiger partial charge in [0.2, 0.25) is 0 Å². The average Bonchev–Trinajstić information content (AvgIpc) is 3.23. The molecule has 2 atom stereocenters. The topological polar surface area (TPSA) is 58.4 Å². The summed E-state index contributed by atoms with van der Waals surface area (Å²) in [7, 11) is 4.24. The zero-order chi connectivity index (χ0) is 16.4. The van der Waals surface area contributed by atoms with E-state index in [4.69, 9.17) is 5.73 Å². The van der Waals surface area contributed by atoms with Gasteiger partial charge in [-0.3, -0.25) is 4.79 Å². The Hall–Kier alpha value is -1.39. The van der Waals surface area contributed by atoms with Crippen LogP contribution in [-0.2, 0) is 5.41 Å². The minimum Gasteiger partial charge on any atom is -0.348 e. The van der Waals surface area contributed by atoms with Gasteiger partial charge in [-0.05, 0) is 82.3 Å². The van der Waals surface area contributed by atoms with Crippen molar-refractivity contribution in [2.75, 3.05) is 20.6 Å². The van der Waals surface area contributed by atoms with Gasteiger partial charge in [-0.2, -0.15) is 0 Å². The molecule has 2 aliphatic carbocycles. The summed E-state index contributed by atoms with van der Waals surface area (Å²) in [5, 5.41) is 3.09. The fourth-order valence-corrected chi connectivity index (χ4v) is 3.67. The predicted molar refractivity (Wildman–Crippen MR) is 93.6 cm³/mol. The number of hydrogen-bond donors (Lipinski definition) is 2. The van der Waals surface area contributed by atoms with Crippen LogP contribution < -0.4 is 11.1 Å². The first kappa shape index (κ1) is 16.5. The highest BCUT2D eigenvalue weighted by molar-refractivity contribution is 5.94. The van der Waals surface area contributed by atoms with Crippen LogP contribution in [0.2, 0.25) is 0 Å². The van der Waals surface area contributed by atoms with E-state index in [9.17, 15) is 4.79 Å². The second-order valence-corrected chi connectivity index (χ2v) is 7.59. The molecule has 126 valence electrons. The lowest BCUT2D eigenvalue weighted by Gasteiger charge is -2.20. The van der Waals surface area contributed by atoms with Crippen molar-refractivity contribution < 1.29 is 4.79 Å². The summed E-state index contributed by atoms with van der Waals surface area (Å²) in [5.41, 5.74) is 8.52. The van der Waals surface area contributed by atoms with Crippen LogP contribution in [0.15, 0.2) is 24.3 Å². The molecule has 0 spiro atoms. The molecule has 0 bridgehead atoms. The van der Waals surface area contributed by atoms with Crippen LogP contribution in [0.3, 0.4) is 0 Å². The third-order valence-electron chi connectivity index (χ3n) is 5.54. The molecule has 0 radical (unpaired) electrons. The quantitative estimate of drug-likeness (QED) is 0.847. The number of hydrogen-bond acceptors (Lipinski definition) is 3. The first-order valence-corrected chi connectivity index (χ1v) is 8.82. The average molecular weight is 315 g/mol. The van der Waals surface area contributed by atoms with Crippen LogP contribution in [0.25, 0.3) is 0 Å². The van der Waals surface area contributed by atoms with Gasteiger partial charge in [0.05, 0.1) is 0 Å². The van der Waals surface area contributed by atoms with Crippen LogP contribution in [0, 0.1) is 0 Å². The maximum absolute atomic E-state index is 12.4. The number of nitrogens with two attached hydrogens (primary N) is 1. The lowest BCUT2D eigenvalue weighted by atomic mass is 9.91. The van der Waals surface area contributed by atoms with E-state index in [2.05, 4.69) is 36.4 Å². The molecule has 1 aromatic rings. The Kier molecular flexibility index (Phi) is 4.74. The smallest absolute Gasteiger partial charge is 0.251 e. The van der Waals surface area contributed by atoms with Gasteiger partial charge in [-0.1, -0.05) is 12.1 Å². The minimum absolute atomic E-state index is 0.0111. The molecule has 2 saturated carbocycles. The number of carbonyl (C=O) groups excluding carboxylic acids is 1. The Labute approximate surface area is 139 Å². The molecule has 4 nitrogen and oxygen atoms in total. The van der Waals surface area contributed by atoms with E-state index in [1.807, 2.05) is 12.1 Å². The molecule has 1 amide bonds. The summed E-state index contributed by atoms with van der Waals surface area (Å²) in [6, 6.07) is 8.48. The fourth-order valence-electron chi connectivity index (χ4n) is 3.67. The number of benzene rings is 1. The van der Waals surface area contributed by atoms with Crippen molar-refractivity contribution >= 4 is 5.91 Å². The van der Waals surface area contributed by atoms with Crippen LogP contribution in [0.1, 0.15) is 54.4 Å². The third kappa shape index (κ3) is 3.75. The predicted octanol–water partition coefficient (Wildman–Crippen LogP) is 2.28. The van der Waals surface area contributed by atoms with Gasteiger partial charge in [0.1, 0.15) is 0 Å².